The molecule has 3 rings (SSSR count). The Hall–Kier alpha value is -3.08. The first-order chi connectivity index (χ1) is 12.7. The fraction of sp³-hybridized carbons (Fsp3) is 0.238. The van der Waals surface area contributed by atoms with E-state index < -0.39 is 5.97 Å². The molecule has 1 aliphatic rings. The van der Waals surface area contributed by atoms with Gasteiger partial charge >= 0.3 is 5.97 Å². The lowest BCUT2D eigenvalue weighted by Crippen LogP contribution is -2.37. The zero-order valence-corrected chi connectivity index (χ0v) is 14.7. The summed E-state index contributed by atoms with van der Waals surface area (Å²) in [6.07, 6.45) is 2.85. The van der Waals surface area contributed by atoms with Crippen molar-refractivity contribution in [3.05, 3.63) is 71.8 Å². The summed E-state index contributed by atoms with van der Waals surface area (Å²) in [5, 5.41) is 0. The van der Waals surface area contributed by atoms with Crippen LogP contribution in [0.1, 0.15) is 22.3 Å². The molecular formula is C21H21NO4. The molecule has 0 radical (unpaired) electrons. The van der Waals surface area contributed by atoms with Crippen molar-refractivity contribution < 1.29 is 19.1 Å². The van der Waals surface area contributed by atoms with Crippen LogP contribution in [0.2, 0.25) is 0 Å². The Morgan fingerprint density at radius 2 is 1.88 bits per heavy atom. The number of carbonyl (C=O) groups is 2. The number of hydrogen-bond acceptors (Lipinski definition) is 4. The van der Waals surface area contributed by atoms with Crippen LogP contribution in [0.5, 0.6) is 5.75 Å². The SMILES string of the molecule is COc1cccc(C(=O)OCC(=O)N2CC=C(c3ccccc3)CC2)c1. The van der Waals surface area contributed by atoms with Gasteiger partial charge in [-0.3, -0.25) is 4.79 Å². The highest BCUT2D eigenvalue weighted by Gasteiger charge is 2.19. The van der Waals surface area contributed by atoms with Crippen LogP contribution in [-0.4, -0.2) is 43.6 Å². The van der Waals surface area contributed by atoms with Gasteiger partial charge in [-0.05, 0) is 35.8 Å². The Balaban J connectivity index is 1.53. The van der Waals surface area contributed by atoms with E-state index in [1.165, 1.54) is 18.2 Å². The van der Waals surface area contributed by atoms with Crippen molar-refractivity contribution in [1.82, 2.24) is 4.90 Å². The first-order valence-electron chi connectivity index (χ1n) is 8.51. The molecule has 0 N–H and O–H groups in total. The Morgan fingerprint density at radius 1 is 1.08 bits per heavy atom. The lowest BCUT2D eigenvalue weighted by molar-refractivity contribution is -0.134. The largest absolute Gasteiger partial charge is 0.497 e. The molecule has 0 atom stereocenters. The molecule has 0 aromatic heterocycles. The van der Waals surface area contributed by atoms with Crippen molar-refractivity contribution in [2.75, 3.05) is 26.8 Å². The van der Waals surface area contributed by atoms with Gasteiger partial charge in [-0.2, -0.15) is 0 Å². The lowest BCUT2D eigenvalue weighted by Gasteiger charge is -2.26. The minimum Gasteiger partial charge on any atom is -0.497 e. The summed E-state index contributed by atoms with van der Waals surface area (Å²) in [6.45, 7) is 0.889. The van der Waals surface area contributed by atoms with Gasteiger partial charge in [0.15, 0.2) is 6.61 Å². The molecule has 2 aromatic rings. The highest BCUT2D eigenvalue weighted by Crippen LogP contribution is 2.22. The summed E-state index contributed by atoms with van der Waals surface area (Å²) < 4.78 is 10.2. The Morgan fingerprint density at radius 3 is 2.58 bits per heavy atom. The van der Waals surface area contributed by atoms with Crippen LogP contribution in [0, 0.1) is 0 Å². The van der Waals surface area contributed by atoms with Gasteiger partial charge in [0.1, 0.15) is 5.75 Å². The van der Waals surface area contributed by atoms with Crippen molar-refractivity contribution in [3.63, 3.8) is 0 Å². The van der Waals surface area contributed by atoms with Gasteiger partial charge in [0, 0.05) is 13.1 Å². The van der Waals surface area contributed by atoms with Crippen molar-refractivity contribution in [1.29, 1.82) is 0 Å². The molecule has 0 bridgehead atoms. The molecule has 1 aliphatic heterocycles. The fourth-order valence-electron chi connectivity index (χ4n) is 2.86. The van der Waals surface area contributed by atoms with Gasteiger partial charge in [-0.25, -0.2) is 4.79 Å². The molecule has 0 fully saturated rings. The van der Waals surface area contributed by atoms with Crippen LogP contribution >= 0.6 is 0 Å². The van der Waals surface area contributed by atoms with Gasteiger partial charge in [0.05, 0.1) is 12.7 Å². The third-order valence-corrected chi connectivity index (χ3v) is 4.34. The van der Waals surface area contributed by atoms with Crippen LogP contribution in [-0.2, 0) is 9.53 Å². The first-order valence-corrected chi connectivity index (χ1v) is 8.51. The predicted molar refractivity (Wildman–Crippen MR) is 98.9 cm³/mol. The fourth-order valence-corrected chi connectivity index (χ4v) is 2.86. The maximum atomic E-state index is 12.3. The van der Waals surface area contributed by atoms with Crippen molar-refractivity contribution in [3.8, 4) is 5.75 Å². The number of hydrogen-bond donors (Lipinski definition) is 0. The maximum absolute atomic E-state index is 12.3. The van der Waals surface area contributed by atoms with E-state index in [0.29, 0.717) is 24.4 Å². The van der Waals surface area contributed by atoms with E-state index in [9.17, 15) is 9.59 Å². The van der Waals surface area contributed by atoms with E-state index >= 15 is 0 Å². The van der Waals surface area contributed by atoms with Gasteiger partial charge in [0.25, 0.3) is 5.91 Å². The molecule has 0 aliphatic carbocycles. The van der Waals surface area contributed by atoms with Crippen LogP contribution in [0.3, 0.4) is 0 Å². The second-order valence-electron chi connectivity index (χ2n) is 5.99. The topological polar surface area (TPSA) is 55.8 Å². The van der Waals surface area contributed by atoms with Gasteiger partial charge < -0.3 is 14.4 Å². The smallest absolute Gasteiger partial charge is 0.338 e. The van der Waals surface area contributed by atoms with Gasteiger partial charge in [-0.15, -0.1) is 0 Å². The highest BCUT2D eigenvalue weighted by molar-refractivity contribution is 5.91. The molecule has 26 heavy (non-hydrogen) atoms. The van der Waals surface area contributed by atoms with E-state index in [1.54, 1.807) is 29.2 Å². The van der Waals surface area contributed by atoms with Crippen molar-refractivity contribution in [2.45, 2.75) is 6.42 Å². The van der Waals surface area contributed by atoms with Crippen LogP contribution in [0.4, 0.5) is 0 Å². The third kappa shape index (κ3) is 4.30. The van der Waals surface area contributed by atoms with Crippen molar-refractivity contribution in [2.24, 2.45) is 0 Å². The number of methoxy groups -OCH3 is 1. The van der Waals surface area contributed by atoms with E-state index in [4.69, 9.17) is 9.47 Å². The molecular weight excluding hydrogens is 330 g/mol. The maximum Gasteiger partial charge on any atom is 0.338 e. The molecule has 0 saturated carbocycles. The molecule has 1 heterocycles. The summed E-state index contributed by atoms with van der Waals surface area (Å²) >= 11 is 0. The second-order valence-corrected chi connectivity index (χ2v) is 5.99. The number of amides is 1. The number of nitrogens with zero attached hydrogens (tertiary/aromatic N) is 1. The average molecular weight is 351 g/mol. The predicted octanol–water partition coefficient (Wildman–Crippen LogP) is 3.17. The monoisotopic (exact) mass is 351 g/mol. The molecule has 2 aromatic carbocycles. The number of ether oxygens (including phenoxy) is 2. The summed E-state index contributed by atoms with van der Waals surface area (Å²) in [6, 6.07) is 16.8. The zero-order chi connectivity index (χ0) is 18.4. The molecule has 0 spiro atoms. The van der Waals surface area contributed by atoms with Gasteiger partial charge in [-0.1, -0.05) is 42.5 Å². The third-order valence-electron chi connectivity index (χ3n) is 4.34. The number of carbonyl (C=O) groups excluding carboxylic acids is 2. The lowest BCUT2D eigenvalue weighted by atomic mass is 10.00. The molecule has 0 saturated heterocycles. The number of esters is 1. The standard InChI is InChI=1S/C21H21NO4/c1-25-19-9-5-8-18(14-19)21(24)26-15-20(23)22-12-10-17(11-13-22)16-6-3-2-4-7-16/h2-10,14H,11-13,15H2,1H3. The van der Waals surface area contributed by atoms with Crippen LogP contribution in [0.25, 0.3) is 5.57 Å². The highest BCUT2D eigenvalue weighted by atomic mass is 16.5. The Kier molecular flexibility index (Phi) is 5.69. The quantitative estimate of drug-likeness (QED) is 0.777. The minimum absolute atomic E-state index is 0.190. The Bertz CT molecular complexity index is 814. The minimum atomic E-state index is -0.533. The molecule has 134 valence electrons. The van der Waals surface area contributed by atoms with Gasteiger partial charge in [0.2, 0.25) is 0 Å². The second kappa shape index (κ2) is 8.34. The van der Waals surface area contributed by atoms with E-state index in [2.05, 4.69) is 18.2 Å². The summed E-state index contributed by atoms with van der Waals surface area (Å²) in [7, 11) is 1.53. The van der Waals surface area contributed by atoms with Crippen molar-refractivity contribution >= 4 is 17.4 Å². The molecule has 5 heteroatoms. The molecule has 0 unspecified atom stereocenters. The van der Waals surface area contributed by atoms with E-state index in [0.717, 1.165) is 6.42 Å². The number of benzene rings is 2. The van der Waals surface area contributed by atoms with E-state index in [1.807, 2.05) is 18.2 Å². The normalized spacial score (nSPS) is 13.7. The summed E-state index contributed by atoms with van der Waals surface area (Å²) in [5.41, 5.74) is 2.79. The summed E-state index contributed by atoms with van der Waals surface area (Å²) in [4.78, 5) is 26.1. The average Bonchev–Trinajstić information content (AvgIpc) is 2.72. The zero-order valence-electron chi connectivity index (χ0n) is 14.7. The molecule has 5 nitrogen and oxygen atoms in total. The summed E-state index contributed by atoms with van der Waals surface area (Å²) in [5.74, 6) is -0.153. The van der Waals surface area contributed by atoms with Crippen LogP contribution in [0.15, 0.2) is 60.7 Å². The first kappa shape index (κ1) is 17.7. The number of rotatable bonds is 5. The molecule has 1 amide bonds. The van der Waals surface area contributed by atoms with Crippen LogP contribution < -0.4 is 4.74 Å². The Labute approximate surface area is 152 Å². The van der Waals surface area contributed by atoms with E-state index in [-0.39, 0.29) is 12.5 Å².